The van der Waals surface area contributed by atoms with E-state index in [0.717, 1.165) is 11.3 Å². The van der Waals surface area contributed by atoms with Crippen LogP contribution in [0, 0.1) is 6.92 Å². The Morgan fingerprint density at radius 3 is 2.55 bits per heavy atom. The van der Waals surface area contributed by atoms with Crippen molar-refractivity contribution < 1.29 is 4.79 Å². The van der Waals surface area contributed by atoms with Crippen LogP contribution in [0.4, 0.5) is 5.69 Å². The van der Waals surface area contributed by atoms with Gasteiger partial charge >= 0.3 is 0 Å². The average molecular weight is 268 g/mol. The van der Waals surface area contributed by atoms with E-state index < -0.39 is 0 Å². The fourth-order valence-corrected chi connectivity index (χ4v) is 2.04. The first-order valence-electron chi connectivity index (χ1n) is 6.73. The Labute approximate surface area is 120 Å². The second kappa shape index (κ2) is 6.75. The molecule has 0 aliphatic carbocycles. The number of hydrogen-bond donors (Lipinski definition) is 1. The third-order valence-electron chi connectivity index (χ3n) is 3.15. The van der Waals surface area contributed by atoms with Crippen molar-refractivity contribution >= 4 is 11.6 Å². The molecule has 0 fully saturated rings. The summed E-state index contributed by atoms with van der Waals surface area (Å²) in [5.41, 5.74) is 3.33. The van der Waals surface area contributed by atoms with E-state index >= 15 is 0 Å². The fraction of sp³-hybridized carbons (Fsp3) is 0.235. The standard InChI is InChI=1S/C17H20N2O/c1-14-7-6-8-15(11-14)13-19(2)17(20)12-18-16-9-4-3-5-10-16/h3-11,18H,12-13H2,1-2H3. The van der Waals surface area contributed by atoms with Gasteiger partial charge in [-0.1, -0.05) is 48.0 Å². The molecule has 0 radical (unpaired) electrons. The molecule has 2 rings (SSSR count). The molecule has 20 heavy (non-hydrogen) atoms. The Hall–Kier alpha value is -2.29. The number of carbonyl (C=O) groups excluding carboxylic acids is 1. The average Bonchev–Trinajstić information content (AvgIpc) is 2.46. The van der Waals surface area contributed by atoms with Crippen LogP contribution >= 0.6 is 0 Å². The maximum atomic E-state index is 12.1. The summed E-state index contributed by atoms with van der Waals surface area (Å²) in [5, 5.41) is 3.13. The van der Waals surface area contributed by atoms with E-state index in [9.17, 15) is 4.79 Å². The zero-order valence-corrected chi connectivity index (χ0v) is 12.0. The summed E-state index contributed by atoms with van der Waals surface area (Å²) in [7, 11) is 1.83. The summed E-state index contributed by atoms with van der Waals surface area (Å²) in [5.74, 6) is 0.0790. The molecule has 2 aromatic rings. The molecule has 0 bridgehead atoms. The molecule has 0 aromatic heterocycles. The van der Waals surface area contributed by atoms with E-state index in [0.29, 0.717) is 13.1 Å². The maximum absolute atomic E-state index is 12.1. The van der Waals surface area contributed by atoms with Crippen molar-refractivity contribution in [1.82, 2.24) is 4.90 Å². The molecule has 3 nitrogen and oxygen atoms in total. The van der Waals surface area contributed by atoms with E-state index in [1.807, 2.05) is 49.5 Å². The number of hydrogen-bond acceptors (Lipinski definition) is 2. The minimum Gasteiger partial charge on any atom is -0.376 e. The van der Waals surface area contributed by atoms with E-state index in [-0.39, 0.29) is 5.91 Å². The molecule has 1 N–H and O–H groups in total. The lowest BCUT2D eigenvalue weighted by Crippen LogP contribution is -2.31. The van der Waals surface area contributed by atoms with Crippen LogP contribution in [0.25, 0.3) is 0 Å². The Morgan fingerprint density at radius 1 is 1.10 bits per heavy atom. The first kappa shape index (κ1) is 14.1. The lowest BCUT2D eigenvalue weighted by atomic mass is 10.1. The largest absolute Gasteiger partial charge is 0.376 e. The number of nitrogens with zero attached hydrogens (tertiary/aromatic N) is 1. The van der Waals surface area contributed by atoms with Crippen LogP contribution in [-0.4, -0.2) is 24.4 Å². The highest BCUT2D eigenvalue weighted by Gasteiger charge is 2.08. The van der Waals surface area contributed by atoms with E-state index in [1.54, 1.807) is 4.90 Å². The number of amides is 1. The Morgan fingerprint density at radius 2 is 1.85 bits per heavy atom. The van der Waals surface area contributed by atoms with Gasteiger partial charge in [-0.3, -0.25) is 4.79 Å². The van der Waals surface area contributed by atoms with Crippen LogP contribution in [0.5, 0.6) is 0 Å². The van der Waals surface area contributed by atoms with Gasteiger partial charge in [0.05, 0.1) is 6.54 Å². The summed E-state index contributed by atoms with van der Waals surface area (Å²) < 4.78 is 0. The van der Waals surface area contributed by atoms with Crippen molar-refractivity contribution in [2.75, 3.05) is 18.9 Å². The maximum Gasteiger partial charge on any atom is 0.241 e. The number of rotatable bonds is 5. The van der Waals surface area contributed by atoms with Gasteiger partial charge in [-0.25, -0.2) is 0 Å². The van der Waals surface area contributed by atoms with Gasteiger partial charge in [0.2, 0.25) is 5.91 Å². The quantitative estimate of drug-likeness (QED) is 0.904. The summed E-state index contributed by atoms with van der Waals surface area (Å²) in [6.45, 7) is 3.01. The number of carbonyl (C=O) groups is 1. The van der Waals surface area contributed by atoms with Gasteiger partial charge in [0.15, 0.2) is 0 Å². The van der Waals surface area contributed by atoms with Crippen LogP contribution in [0.2, 0.25) is 0 Å². The van der Waals surface area contributed by atoms with Gasteiger partial charge in [-0.15, -0.1) is 0 Å². The van der Waals surface area contributed by atoms with Gasteiger partial charge in [0.1, 0.15) is 0 Å². The van der Waals surface area contributed by atoms with E-state index in [4.69, 9.17) is 0 Å². The molecule has 0 spiro atoms. The van der Waals surface area contributed by atoms with Crippen LogP contribution < -0.4 is 5.32 Å². The number of aryl methyl sites for hydroxylation is 1. The lowest BCUT2D eigenvalue weighted by Gasteiger charge is -2.18. The van der Waals surface area contributed by atoms with Crippen LogP contribution in [0.1, 0.15) is 11.1 Å². The second-order valence-corrected chi connectivity index (χ2v) is 4.96. The summed E-state index contributed by atoms with van der Waals surface area (Å²) in [6.07, 6.45) is 0. The molecular weight excluding hydrogens is 248 g/mol. The first-order chi connectivity index (χ1) is 9.65. The molecule has 0 heterocycles. The third-order valence-corrected chi connectivity index (χ3v) is 3.15. The highest BCUT2D eigenvalue weighted by Crippen LogP contribution is 2.08. The van der Waals surface area contributed by atoms with Crippen molar-refractivity contribution in [3.05, 3.63) is 65.7 Å². The number of benzene rings is 2. The van der Waals surface area contributed by atoms with Crippen LogP contribution in [0.3, 0.4) is 0 Å². The molecule has 0 saturated carbocycles. The van der Waals surface area contributed by atoms with Gasteiger partial charge in [0, 0.05) is 19.3 Å². The predicted molar refractivity (Wildman–Crippen MR) is 82.6 cm³/mol. The Kier molecular flexibility index (Phi) is 4.77. The molecular formula is C17H20N2O. The second-order valence-electron chi connectivity index (χ2n) is 4.96. The minimum atomic E-state index is 0.0790. The smallest absolute Gasteiger partial charge is 0.241 e. The summed E-state index contributed by atoms with van der Waals surface area (Å²) in [4.78, 5) is 13.8. The zero-order chi connectivity index (χ0) is 14.4. The van der Waals surface area contributed by atoms with Crippen molar-refractivity contribution in [3.8, 4) is 0 Å². The van der Waals surface area contributed by atoms with Crippen LogP contribution in [0.15, 0.2) is 54.6 Å². The fourth-order valence-electron chi connectivity index (χ4n) is 2.04. The van der Waals surface area contributed by atoms with Gasteiger partial charge < -0.3 is 10.2 Å². The van der Waals surface area contributed by atoms with E-state index in [2.05, 4.69) is 24.4 Å². The van der Waals surface area contributed by atoms with E-state index in [1.165, 1.54) is 5.56 Å². The molecule has 3 heteroatoms. The lowest BCUT2D eigenvalue weighted by molar-refractivity contribution is -0.128. The molecule has 2 aromatic carbocycles. The predicted octanol–water partition coefficient (Wildman–Crippen LogP) is 3.07. The highest BCUT2D eigenvalue weighted by atomic mass is 16.2. The normalized spacial score (nSPS) is 10.1. The number of nitrogens with one attached hydrogen (secondary N) is 1. The van der Waals surface area contributed by atoms with Crippen molar-refractivity contribution in [2.24, 2.45) is 0 Å². The number of likely N-dealkylation sites (N-methyl/N-ethyl adjacent to an activating group) is 1. The van der Waals surface area contributed by atoms with Gasteiger partial charge in [-0.05, 0) is 24.6 Å². The first-order valence-corrected chi connectivity index (χ1v) is 6.73. The molecule has 0 unspecified atom stereocenters. The SMILES string of the molecule is Cc1cccc(CN(C)C(=O)CNc2ccccc2)c1. The Balaban J connectivity index is 1.86. The van der Waals surface area contributed by atoms with Gasteiger partial charge in [0.25, 0.3) is 0 Å². The topological polar surface area (TPSA) is 32.3 Å². The number of anilines is 1. The molecule has 0 atom stereocenters. The summed E-state index contributed by atoms with van der Waals surface area (Å²) in [6, 6.07) is 18.0. The van der Waals surface area contributed by atoms with Crippen molar-refractivity contribution in [1.29, 1.82) is 0 Å². The third kappa shape index (κ3) is 4.12. The minimum absolute atomic E-state index is 0.0790. The molecule has 1 amide bonds. The molecule has 0 aliphatic heterocycles. The van der Waals surface area contributed by atoms with Gasteiger partial charge in [-0.2, -0.15) is 0 Å². The molecule has 104 valence electrons. The monoisotopic (exact) mass is 268 g/mol. The van der Waals surface area contributed by atoms with Crippen molar-refractivity contribution in [3.63, 3.8) is 0 Å². The highest BCUT2D eigenvalue weighted by molar-refractivity contribution is 5.80. The summed E-state index contributed by atoms with van der Waals surface area (Å²) >= 11 is 0. The van der Waals surface area contributed by atoms with Crippen LogP contribution in [-0.2, 0) is 11.3 Å². The zero-order valence-electron chi connectivity index (χ0n) is 12.0. The Bertz CT molecular complexity index is 566. The molecule has 0 saturated heterocycles. The molecule has 0 aliphatic rings. The number of para-hydroxylation sites is 1. The van der Waals surface area contributed by atoms with Crippen molar-refractivity contribution in [2.45, 2.75) is 13.5 Å².